The minimum Gasteiger partial charge on any atom is -0.444 e. The van der Waals surface area contributed by atoms with Gasteiger partial charge in [0.15, 0.2) is 0 Å². The molecule has 0 saturated heterocycles. The van der Waals surface area contributed by atoms with Gasteiger partial charge in [-0.2, -0.15) is 0 Å². The van der Waals surface area contributed by atoms with E-state index in [0.29, 0.717) is 0 Å². The van der Waals surface area contributed by atoms with Gasteiger partial charge in [-0.05, 0) is 61.1 Å². The Bertz CT molecular complexity index is 415. The van der Waals surface area contributed by atoms with Gasteiger partial charge in [-0.15, -0.1) is 0 Å². The van der Waals surface area contributed by atoms with Crippen LogP contribution >= 0.6 is 22.6 Å². The van der Waals surface area contributed by atoms with E-state index in [1.165, 1.54) is 0 Å². The molecule has 1 aromatic carbocycles. The number of carbonyl (C=O) groups excluding carboxylic acids is 1. The number of ether oxygens (including phenoxy) is 1. The largest absolute Gasteiger partial charge is 0.444 e. The van der Waals surface area contributed by atoms with Gasteiger partial charge in [0.2, 0.25) is 0 Å². The maximum atomic E-state index is 11.4. The van der Waals surface area contributed by atoms with Crippen LogP contribution in [0.3, 0.4) is 0 Å². The van der Waals surface area contributed by atoms with Gasteiger partial charge in [0, 0.05) is 3.57 Å². The van der Waals surface area contributed by atoms with Crippen LogP contribution in [0.1, 0.15) is 32.4 Å². The van der Waals surface area contributed by atoms with Crippen molar-refractivity contribution in [3.05, 3.63) is 33.4 Å². The van der Waals surface area contributed by atoms with Crippen molar-refractivity contribution in [3.8, 4) is 0 Å². The number of carbonyl (C=O) groups is 1. The summed E-state index contributed by atoms with van der Waals surface area (Å²) in [5.41, 5.74) is 0.245. The van der Waals surface area contributed by atoms with Crippen LogP contribution in [0, 0.1) is 3.57 Å². The Morgan fingerprint density at radius 2 is 2.17 bits per heavy atom. The summed E-state index contributed by atoms with van der Waals surface area (Å²) in [6.07, 6.45) is -1.25. The summed E-state index contributed by atoms with van der Waals surface area (Å²) in [5, 5.41) is 12.5. The van der Waals surface area contributed by atoms with Gasteiger partial charge >= 0.3 is 6.09 Å². The van der Waals surface area contributed by atoms with Crippen LogP contribution in [-0.4, -0.2) is 23.3 Å². The van der Waals surface area contributed by atoms with Gasteiger partial charge in [0.25, 0.3) is 0 Å². The zero-order valence-corrected chi connectivity index (χ0v) is 12.9. The standard InChI is InChI=1S/C13H18INO3/c1-13(2,3)18-12(17)15-8-11(16)9-5-4-6-10(14)7-9/h4-7,11,16H,8H2,1-3H3,(H,15,17). The van der Waals surface area contributed by atoms with Crippen molar-refractivity contribution in [2.45, 2.75) is 32.5 Å². The number of aliphatic hydroxyl groups excluding tert-OH is 1. The highest BCUT2D eigenvalue weighted by Crippen LogP contribution is 2.15. The minimum absolute atomic E-state index is 0.134. The first-order valence-electron chi connectivity index (χ1n) is 5.68. The van der Waals surface area contributed by atoms with Crippen molar-refractivity contribution in [3.63, 3.8) is 0 Å². The second-order valence-corrected chi connectivity index (χ2v) is 6.20. The van der Waals surface area contributed by atoms with Crippen molar-refractivity contribution in [1.29, 1.82) is 0 Å². The molecule has 0 heterocycles. The van der Waals surface area contributed by atoms with E-state index in [0.717, 1.165) is 9.13 Å². The van der Waals surface area contributed by atoms with Gasteiger partial charge in [-0.25, -0.2) is 4.79 Å². The second kappa shape index (κ2) is 6.38. The number of rotatable bonds is 3. The van der Waals surface area contributed by atoms with E-state index in [4.69, 9.17) is 4.74 Å². The zero-order valence-electron chi connectivity index (χ0n) is 10.7. The number of hydrogen-bond donors (Lipinski definition) is 2. The number of aliphatic hydroxyl groups is 1. The van der Waals surface area contributed by atoms with Gasteiger partial charge in [0.05, 0.1) is 12.6 Å². The molecule has 1 rings (SSSR count). The molecule has 100 valence electrons. The molecule has 0 saturated carbocycles. The van der Waals surface area contributed by atoms with Crippen molar-refractivity contribution >= 4 is 28.7 Å². The Morgan fingerprint density at radius 3 is 2.72 bits per heavy atom. The lowest BCUT2D eigenvalue weighted by atomic mass is 10.1. The molecule has 2 N–H and O–H groups in total. The highest BCUT2D eigenvalue weighted by atomic mass is 127. The average molecular weight is 363 g/mol. The van der Waals surface area contributed by atoms with Gasteiger partial charge in [-0.1, -0.05) is 12.1 Å². The normalized spacial score (nSPS) is 12.9. The topological polar surface area (TPSA) is 58.6 Å². The molecule has 5 heteroatoms. The number of halogens is 1. The van der Waals surface area contributed by atoms with E-state index in [1.54, 1.807) is 20.8 Å². The summed E-state index contributed by atoms with van der Waals surface area (Å²) in [7, 11) is 0. The summed E-state index contributed by atoms with van der Waals surface area (Å²) in [6.45, 7) is 5.52. The third kappa shape index (κ3) is 5.68. The maximum absolute atomic E-state index is 11.4. The molecule has 1 aromatic rings. The molecule has 0 fully saturated rings. The molecule has 0 aliphatic heterocycles. The van der Waals surface area contributed by atoms with E-state index in [-0.39, 0.29) is 6.54 Å². The maximum Gasteiger partial charge on any atom is 0.407 e. The highest BCUT2D eigenvalue weighted by Gasteiger charge is 2.17. The molecular weight excluding hydrogens is 345 g/mol. The van der Waals surface area contributed by atoms with Crippen molar-refractivity contribution in [2.75, 3.05) is 6.54 Å². The Balaban J connectivity index is 2.46. The summed E-state index contributed by atoms with van der Waals surface area (Å²) in [4.78, 5) is 11.4. The zero-order chi connectivity index (χ0) is 13.8. The number of alkyl carbamates (subject to hydrolysis) is 1. The monoisotopic (exact) mass is 363 g/mol. The van der Waals surface area contributed by atoms with Crippen LogP contribution < -0.4 is 5.32 Å². The fourth-order valence-corrected chi connectivity index (χ4v) is 1.89. The van der Waals surface area contributed by atoms with E-state index in [9.17, 15) is 9.90 Å². The summed E-state index contributed by atoms with van der Waals surface area (Å²) in [6, 6.07) is 7.51. The predicted octanol–water partition coefficient (Wildman–Crippen LogP) is 2.85. The van der Waals surface area contributed by atoms with Crippen LogP contribution in [-0.2, 0) is 4.74 Å². The smallest absolute Gasteiger partial charge is 0.407 e. The summed E-state index contributed by atoms with van der Waals surface area (Å²) < 4.78 is 6.13. The van der Waals surface area contributed by atoms with Crippen LogP contribution in [0.5, 0.6) is 0 Å². The molecule has 0 aliphatic rings. The van der Waals surface area contributed by atoms with Gasteiger partial charge in [0.1, 0.15) is 5.60 Å². The summed E-state index contributed by atoms with van der Waals surface area (Å²) >= 11 is 2.18. The quantitative estimate of drug-likeness (QED) is 0.812. The molecule has 0 aliphatic carbocycles. The molecule has 0 spiro atoms. The van der Waals surface area contributed by atoms with Crippen LogP contribution in [0.4, 0.5) is 4.79 Å². The van der Waals surface area contributed by atoms with Crippen molar-refractivity contribution in [2.24, 2.45) is 0 Å². The van der Waals surface area contributed by atoms with Gasteiger partial charge in [-0.3, -0.25) is 0 Å². The van der Waals surface area contributed by atoms with E-state index < -0.39 is 17.8 Å². The molecule has 1 atom stereocenters. The lowest BCUT2D eigenvalue weighted by Crippen LogP contribution is -2.34. The Kier molecular flexibility index (Phi) is 5.40. The summed E-state index contributed by atoms with van der Waals surface area (Å²) in [5.74, 6) is 0. The molecule has 0 radical (unpaired) electrons. The molecule has 0 bridgehead atoms. The number of hydrogen-bond acceptors (Lipinski definition) is 3. The second-order valence-electron chi connectivity index (χ2n) is 4.95. The first-order chi connectivity index (χ1) is 8.28. The number of amides is 1. The van der Waals surface area contributed by atoms with Crippen molar-refractivity contribution in [1.82, 2.24) is 5.32 Å². The van der Waals surface area contributed by atoms with Gasteiger partial charge < -0.3 is 15.2 Å². The first-order valence-corrected chi connectivity index (χ1v) is 6.76. The fourth-order valence-electron chi connectivity index (χ4n) is 1.33. The Hall–Kier alpha value is -0.820. The Labute approximate surface area is 121 Å². The fraction of sp³-hybridized carbons (Fsp3) is 0.462. The van der Waals surface area contributed by atoms with E-state index >= 15 is 0 Å². The molecule has 1 unspecified atom stereocenters. The lowest BCUT2D eigenvalue weighted by Gasteiger charge is -2.20. The third-order valence-corrected chi connectivity index (χ3v) is 2.74. The molecule has 18 heavy (non-hydrogen) atoms. The molecule has 4 nitrogen and oxygen atoms in total. The van der Waals surface area contributed by atoms with Crippen LogP contribution in [0.2, 0.25) is 0 Å². The van der Waals surface area contributed by atoms with E-state index in [1.807, 2.05) is 24.3 Å². The van der Waals surface area contributed by atoms with Crippen molar-refractivity contribution < 1.29 is 14.6 Å². The number of nitrogens with one attached hydrogen (secondary N) is 1. The first kappa shape index (κ1) is 15.2. The highest BCUT2D eigenvalue weighted by molar-refractivity contribution is 14.1. The predicted molar refractivity (Wildman–Crippen MR) is 78.4 cm³/mol. The third-order valence-electron chi connectivity index (χ3n) is 2.07. The van der Waals surface area contributed by atoms with E-state index in [2.05, 4.69) is 27.9 Å². The molecule has 1 amide bonds. The average Bonchev–Trinajstić information content (AvgIpc) is 2.23. The lowest BCUT2D eigenvalue weighted by molar-refractivity contribution is 0.0492. The van der Waals surface area contributed by atoms with Crippen LogP contribution in [0.15, 0.2) is 24.3 Å². The Morgan fingerprint density at radius 1 is 1.50 bits per heavy atom. The molecular formula is C13H18INO3. The molecule has 0 aromatic heterocycles. The van der Waals surface area contributed by atoms with Crippen LogP contribution in [0.25, 0.3) is 0 Å². The minimum atomic E-state index is -0.729. The SMILES string of the molecule is CC(C)(C)OC(=O)NCC(O)c1cccc(I)c1. The number of benzene rings is 1.